The fourth-order valence-electron chi connectivity index (χ4n) is 2.15. The van der Waals surface area contributed by atoms with Gasteiger partial charge in [0.1, 0.15) is 0 Å². The predicted molar refractivity (Wildman–Crippen MR) is 75.0 cm³/mol. The number of alkyl halides is 2. The summed E-state index contributed by atoms with van der Waals surface area (Å²) in [4.78, 5) is 11.7. The molecule has 1 aliphatic rings. The van der Waals surface area contributed by atoms with Gasteiger partial charge in [0.05, 0.1) is 6.04 Å². The lowest BCUT2D eigenvalue weighted by Gasteiger charge is -2.31. The van der Waals surface area contributed by atoms with Gasteiger partial charge >= 0.3 is 5.76 Å². The van der Waals surface area contributed by atoms with E-state index >= 15 is 0 Å². The van der Waals surface area contributed by atoms with E-state index in [0.717, 1.165) is 4.31 Å². The minimum absolute atomic E-state index is 0.0306. The second-order valence-electron chi connectivity index (χ2n) is 5.66. The van der Waals surface area contributed by atoms with Gasteiger partial charge in [-0.05, 0) is 24.7 Å². The Kier molecular flexibility index (Phi) is 6.48. The van der Waals surface area contributed by atoms with Gasteiger partial charge in [-0.25, -0.2) is 8.42 Å². The standard InChI is InChI=1S/C12H23F2N3O3S/c1-8(2)10(15)11(18)16-7-9-3-5-17(6-4-9)21(19,20)12(13)14/h8-10,12H,3-7,15H2,1-2H3,(H,16,18)/t10-/m0/s1. The Morgan fingerprint density at radius 2 is 1.86 bits per heavy atom. The highest BCUT2D eigenvalue weighted by Crippen LogP contribution is 2.22. The van der Waals surface area contributed by atoms with Crippen molar-refractivity contribution < 1.29 is 22.0 Å². The summed E-state index contributed by atoms with van der Waals surface area (Å²) in [7, 11) is -4.49. The van der Waals surface area contributed by atoms with Crippen molar-refractivity contribution >= 4 is 15.9 Å². The number of hydrogen-bond donors (Lipinski definition) is 2. The Morgan fingerprint density at radius 3 is 2.29 bits per heavy atom. The van der Waals surface area contributed by atoms with Crippen LogP contribution in [0.25, 0.3) is 0 Å². The molecular weight excluding hydrogens is 304 g/mol. The van der Waals surface area contributed by atoms with E-state index in [1.54, 1.807) is 0 Å². The number of nitrogens with two attached hydrogens (primary N) is 1. The zero-order valence-electron chi connectivity index (χ0n) is 12.3. The molecule has 0 saturated carbocycles. The van der Waals surface area contributed by atoms with Crippen molar-refractivity contribution in [2.45, 2.75) is 38.5 Å². The summed E-state index contributed by atoms with van der Waals surface area (Å²) >= 11 is 0. The van der Waals surface area contributed by atoms with Crippen molar-refractivity contribution in [2.24, 2.45) is 17.6 Å². The van der Waals surface area contributed by atoms with Gasteiger partial charge in [0.2, 0.25) is 5.91 Å². The van der Waals surface area contributed by atoms with E-state index < -0.39 is 21.8 Å². The summed E-state index contributed by atoms with van der Waals surface area (Å²) < 4.78 is 48.3. The van der Waals surface area contributed by atoms with Crippen LogP contribution >= 0.6 is 0 Å². The first-order chi connectivity index (χ1) is 9.66. The number of nitrogens with zero attached hydrogens (tertiary/aromatic N) is 1. The molecule has 1 heterocycles. The van der Waals surface area contributed by atoms with Gasteiger partial charge in [0.15, 0.2) is 0 Å². The number of carbonyl (C=O) groups excluding carboxylic acids is 1. The van der Waals surface area contributed by atoms with E-state index in [1.807, 2.05) is 13.8 Å². The number of hydrogen-bond acceptors (Lipinski definition) is 4. The molecule has 0 aromatic carbocycles. The summed E-state index contributed by atoms with van der Waals surface area (Å²) in [6, 6.07) is -0.579. The van der Waals surface area contributed by atoms with Gasteiger partial charge < -0.3 is 11.1 Å². The van der Waals surface area contributed by atoms with Crippen LogP contribution in [0.3, 0.4) is 0 Å². The first-order valence-corrected chi connectivity index (χ1v) is 8.47. The molecular formula is C12H23F2N3O3S. The van der Waals surface area contributed by atoms with Crippen LogP contribution in [0.1, 0.15) is 26.7 Å². The molecule has 21 heavy (non-hydrogen) atoms. The van der Waals surface area contributed by atoms with Crippen LogP contribution in [0.15, 0.2) is 0 Å². The smallest absolute Gasteiger partial charge is 0.350 e. The van der Waals surface area contributed by atoms with Gasteiger partial charge in [-0.1, -0.05) is 13.8 Å². The lowest BCUT2D eigenvalue weighted by Crippen LogP contribution is -2.47. The third-order valence-corrected chi connectivity index (χ3v) is 5.28. The molecule has 3 N–H and O–H groups in total. The predicted octanol–water partition coefficient (Wildman–Crippen LogP) is 0.350. The molecule has 0 aromatic heterocycles. The van der Waals surface area contributed by atoms with E-state index in [2.05, 4.69) is 5.32 Å². The van der Waals surface area contributed by atoms with Crippen LogP contribution in [0, 0.1) is 11.8 Å². The molecule has 6 nitrogen and oxygen atoms in total. The summed E-state index contributed by atoms with van der Waals surface area (Å²) in [5.41, 5.74) is 5.71. The molecule has 0 radical (unpaired) electrons. The Morgan fingerprint density at radius 1 is 1.33 bits per heavy atom. The first-order valence-electron chi connectivity index (χ1n) is 6.96. The molecule has 0 aromatic rings. The molecule has 0 unspecified atom stereocenters. The van der Waals surface area contributed by atoms with Gasteiger partial charge in [0, 0.05) is 19.6 Å². The molecule has 0 aliphatic carbocycles. The van der Waals surface area contributed by atoms with Crippen LogP contribution in [-0.4, -0.2) is 50.1 Å². The zero-order chi connectivity index (χ0) is 16.2. The van der Waals surface area contributed by atoms with Gasteiger partial charge in [0.25, 0.3) is 10.0 Å². The monoisotopic (exact) mass is 327 g/mol. The summed E-state index contributed by atoms with van der Waals surface area (Å²) in [5, 5.41) is 2.73. The number of amides is 1. The second-order valence-corrected chi connectivity index (χ2v) is 7.57. The second kappa shape index (κ2) is 7.46. The third kappa shape index (κ3) is 4.86. The Bertz CT molecular complexity index is 449. The number of piperidine rings is 1. The highest BCUT2D eigenvalue weighted by Gasteiger charge is 2.34. The lowest BCUT2D eigenvalue weighted by molar-refractivity contribution is -0.123. The maximum absolute atomic E-state index is 12.4. The fraction of sp³-hybridized carbons (Fsp3) is 0.917. The SMILES string of the molecule is CC(C)[C@H](N)C(=O)NCC1CCN(S(=O)(=O)C(F)F)CC1. The number of sulfonamides is 1. The van der Waals surface area contributed by atoms with Crippen molar-refractivity contribution in [3.05, 3.63) is 0 Å². The Balaban J connectivity index is 2.40. The Hall–Kier alpha value is -0.800. The molecule has 1 rings (SSSR count). The van der Waals surface area contributed by atoms with Crippen molar-refractivity contribution in [3.63, 3.8) is 0 Å². The zero-order valence-corrected chi connectivity index (χ0v) is 13.1. The quantitative estimate of drug-likeness (QED) is 0.736. The number of rotatable bonds is 6. The highest BCUT2D eigenvalue weighted by atomic mass is 32.2. The van der Waals surface area contributed by atoms with Gasteiger partial charge in [-0.15, -0.1) is 0 Å². The molecule has 9 heteroatoms. The molecule has 0 bridgehead atoms. The van der Waals surface area contributed by atoms with Crippen LogP contribution in [0.5, 0.6) is 0 Å². The normalized spacial score (nSPS) is 20.0. The average molecular weight is 327 g/mol. The Labute approximate surface area is 124 Å². The molecule has 124 valence electrons. The highest BCUT2D eigenvalue weighted by molar-refractivity contribution is 7.89. The average Bonchev–Trinajstić information content (AvgIpc) is 2.44. The van der Waals surface area contributed by atoms with E-state index in [4.69, 9.17) is 5.73 Å². The number of nitrogens with one attached hydrogen (secondary N) is 1. The van der Waals surface area contributed by atoms with Crippen molar-refractivity contribution in [3.8, 4) is 0 Å². The van der Waals surface area contributed by atoms with Crippen molar-refractivity contribution in [2.75, 3.05) is 19.6 Å². The fourth-order valence-corrected chi connectivity index (χ4v) is 3.09. The van der Waals surface area contributed by atoms with Crippen molar-refractivity contribution in [1.82, 2.24) is 9.62 Å². The summed E-state index contributed by atoms with van der Waals surface area (Å²) in [5.74, 6) is -3.51. The van der Waals surface area contributed by atoms with E-state index in [9.17, 15) is 22.0 Å². The van der Waals surface area contributed by atoms with Crippen LogP contribution < -0.4 is 11.1 Å². The number of halogens is 2. The van der Waals surface area contributed by atoms with E-state index in [0.29, 0.717) is 19.4 Å². The topological polar surface area (TPSA) is 92.5 Å². The van der Waals surface area contributed by atoms with E-state index in [1.165, 1.54) is 0 Å². The van der Waals surface area contributed by atoms with Crippen LogP contribution in [-0.2, 0) is 14.8 Å². The third-order valence-electron chi connectivity index (χ3n) is 3.74. The van der Waals surface area contributed by atoms with E-state index in [-0.39, 0.29) is 30.8 Å². The molecule has 1 aliphatic heterocycles. The maximum Gasteiger partial charge on any atom is 0.350 e. The molecule has 1 saturated heterocycles. The molecule has 1 amide bonds. The maximum atomic E-state index is 12.4. The lowest BCUT2D eigenvalue weighted by atomic mass is 9.97. The van der Waals surface area contributed by atoms with Gasteiger partial charge in [-0.3, -0.25) is 4.79 Å². The summed E-state index contributed by atoms with van der Waals surface area (Å²) in [6.45, 7) is 4.20. The molecule has 0 spiro atoms. The minimum Gasteiger partial charge on any atom is -0.354 e. The molecule has 1 atom stereocenters. The molecule has 1 fully saturated rings. The summed E-state index contributed by atoms with van der Waals surface area (Å²) in [6.07, 6.45) is 0.895. The largest absolute Gasteiger partial charge is 0.354 e. The minimum atomic E-state index is -4.49. The first kappa shape index (κ1) is 18.2. The number of carbonyl (C=O) groups is 1. The van der Waals surface area contributed by atoms with Crippen LogP contribution in [0.2, 0.25) is 0 Å². The van der Waals surface area contributed by atoms with Gasteiger partial charge in [-0.2, -0.15) is 13.1 Å². The van der Waals surface area contributed by atoms with Crippen molar-refractivity contribution in [1.29, 1.82) is 0 Å². The van der Waals surface area contributed by atoms with Crippen LogP contribution in [0.4, 0.5) is 8.78 Å².